The minimum Gasteiger partial charge on any atom is -0.391 e. The summed E-state index contributed by atoms with van der Waals surface area (Å²) in [4.78, 5) is 20.0. The first kappa shape index (κ1) is 11.9. The standard InChI is InChI=1S/C11H14N4OS/c12-10(17)11(3-1-2-4-11)15-9(16)8-5-13-7-14-6-8/h5-7H,1-4H2,(H2,12,17)(H,15,16). The highest BCUT2D eigenvalue weighted by molar-refractivity contribution is 7.80. The normalized spacial score (nSPS) is 17.6. The Labute approximate surface area is 105 Å². The van der Waals surface area contributed by atoms with Crippen molar-refractivity contribution in [3.05, 3.63) is 24.3 Å². The zero-order chi connectivity index (χ0) is 12.3. The molecule has 1 amide bonds. The average Bonchev–Trinajstić information content (AvgIpc) is 2.80. The molecular formula is C11H14N4OS. The highest BCUT2D eigenvalue weighted by Gasteiger charge is 2.38. The van der Waals surface area contributed by atoms with Crippen molar-refractivity contribution in [3.8, 4) is 0 Å². The first-order valence-corrected chi connectivity index (χ1v) is 5.92. The number of nitrogens with zero attached hydrogens (tertiary/aromatic N) is 2. The Morgan fingerprint density at radius 3 is 2.47 bits per heavy atom. The lowest BCUT2D eigenvalue weighted by Crippen LogP contribution is -2.54. The summed E-state index contributed by atoms with van der Waals surface area (Å²) >= 11 is 5.07. The van der Waals surface area contributed by atoms with Crippen molar-refractivity contribution in [3.63, 3.8) is 0 Å². The molecule has 0 unspecified atom stereocenters. The molecule has 3 N–H and O–H groups in total. The van der Waals surface area contributed by atoms with Crippen molar-refractivity contribution in [1.82, 2.24) is 15.3 Å². The van der Waals surface area contributed by atoms with E-state index in [1.54, 1.807) is 0 Å². The third-order valence-electron chi connectivity index (χ3n) is 3.10. The second-order valence-electron chi connectivity index (χ2n) is 4.23. The summed E-state index contributed by atoms with van der Waals surface area (Å²) in [7, 11) is 0. The molecule has 1 aromatic heterocycles. The molecule has 0 aromatic carbocycles. The fourth-order valence-electron chi connectivity index (χ4n) is 2.12. The van der Waals surface area contributed by atoms with Crippen molar-refractivity contribution in [2.45, 2.75) is 31.2 Å². The Hall–Kier alpha value is -1.56. The van der Waals surface area contributed by atoms with Gasteiger partial charge in [0.05, 0.1) is 16.1 Å². The summed E-state index contributed by atoms with van der Waals surface area (Å²) < 4.78 is 0. The van der Waals surface area contributed by atoms with Crippen LogP contribution in [0.15, 0.2) is 18.7 Å². The molecule has 17 heavy (non-hydrogen) atoms. The first-order chi connectivity index (χ1) is 8.14. The van der Waals surface area contributed by atoms with E-state index in [2.05, 4.69) is 15.3 Å². The molecule has 1 saturated carbocycles. The van der Waals surface area contributed by atoms with E-state index in [4.69, 9.17) is 18.0 Å². The molecule has 1 heterocycles. The van der Waals surface area contributed by atoms with Gasteiger partial charge in [0.1, 0.15) is 6.33 Å². The predicted octanol–water partition coefficient (Wildman–Crippen LogP) is 0.805. The first-order valence-electron chi connectivity index (χ1n) is 5.51. The zero-order valence-electron chi connectivity index (χ0n) is 9.35. The minimum absolute atomic E-state index is 0.222. The maximum Gasteiger partial charge on any atom is 0.255 e. The van der Waals surface area contributed by atoms with Crippen molar-refractivity contribution >= 4 is 23.1 Å². The molecule has 0 bridgehead atoms. The van der Waals surface area contributed by atoms with E-state index in [-0.39, 0.29) is 5.91 Å². The molecule has 5 nitrogen and oxygen atoms in total. The van der Waals surface area contributed by atoms with E-state index in [0.29, 0.717) is 10.6 Å². The number of aromatic nitrogens is 2. The van der Waals surface area contributed by atoms with Crippen molar-refractivity contribution in [1.29, 1.82) is 0 Å². The fourth-order valence-corrected chi connectivity index (χ4v) is 2.37. The van der Waals surface area contributed by atoms with Crippen LogP contribution in [0.3, 0.4) is 0 Å². The Bertz CT molecular complexity index is 428. The van der Waals surface area contributed by atoms with E-state index in [0.717, 1.165) is 25.7 Å². The van der Waals surface area contributed by atoms with Gasteiger partial charge < -0.3 is 11.1 Å². The number of nitrogens with two attached hydrogens (primary N) is 1. The number of thiocarbonyl (C=S) groups is 1. The smallest absolute Gasteiger partial charge is 0.255 e. The predicted molar refractivity (Wildman–Crippen MR) is 67.5 cm³/mol. The van der Waals surface area contributed by atoms with E-state index in [9.17, 15) is 4.79 Å². The van der Waals surface area contributed by atoms with Gasteiger partial charge in [-0.15, -0.1) is 0 Å². The largest absolute Gasteiger partial charge is 0.391 e. The third kappa shape index (κ3) is 2.41. The van der Waals surface area contributed by atoms with Gasteiger partial charge in [-0.3, -0.25) is 4.79 Å². The molecule has 2 rings (SSSR count). The lowest BCUT2D eigenvalue weighted by Gasteiger charge is -2.28. The van der Waals surface area contributed by atoms with E-state index in [1.807, 2.05) is 0 Å². The fraction of sp³-hybridized carbons (Fsp3) is 0.455. The molecule has 0 saturated heterocycles. The molecule has 1 aromatic rings. The molecule has 1 aliphatic rings. The maximum atomic E-state index is 12.0. The van der Waals surface area contributed by atoms with Gasteiger partial charge in [0.25, 0.3) is 5.91 Å². The lowest BCUT2D eigenvalue weighted by molar-refractivity contribution is 0.0923. The Morgan fingerprint density at radius 2 is 1.94 bits per heavy atom. The summed E-state index contributed by atoms with van der Waals surface area (Å²) in [5, 5.41) is 2.92. The molecule has 6 heteroatoms. The van der Waals surface area contributed by atoms with E-state index >= 15 is 0 Å². The van der Waals surface area contributed by atoms with Crippen molar-refractivity contribution in [2.24, 2.45) is 5.73 Å². The highest BCUT2D eigenvalue weighted by atomic mass is 32.1. The second kappa shape index (κ2) is 4.75. The number of nitrogens with one attached hydrogen (secondary N) is 1. The third-order valence-corrected chi connectivity index (χ3v) is 3.50. The lowest BCUT2D eigenvalue weighted by atomic mass is 9.97. The van der Waals surface area contributed by atoms with Crippen LogP contribution in [0.2, 0.25) is 0 Å². The van der Waals surface area contributed by atoms with Crippen LogP contribution in [-0.2, 0) is 0 Å². The summed E-state index contributed by atoms with van der Waals surface area (Å²) in [6.45, 7) is 0. The Kier molecular flexibility index (Phi) is 3.33. The topological polar surface area (TPSA) is 80.9 Å². The summed E-state index contributed by atoms with van der Waals surface area (Å²) in [5.41, 5.74) is 5.64. The van der Waals surface area contributed by atoms with Gasteiger partial charge >= 0.3 is 0 Å². The van der Waals surface area contributed by atoms with Gasteiger partial charge in [-0.1, -0.05) is 25.1 Å². The Balaban J connectivity index is 2.15. The summed E-state index contributed by atoms with van der Waals surface area (Å²) in [6.07, 6.45) is 8.01. The van der Waals surface area contributed by atoms with Crippen LogP contribution in [0.1, 0.15) is 36.0 Å². The van der Waals surface area contributed by atoms with E-state index < -0.39 is 5.54 Å². The number of hydrogen-bond donors (Lipinski definition) is 2. The van der Waals surface area contributed by atoms with Gasteiger partial charge in [0.2, 0.25) is 0 Å². The number of amides is 1. The summed E-state index contributed by atoms with van der Waals surface area (Å²) in [6, 6.07) is 0. The van der Waals surface area contributed by atoms with Gasteiger partial charge in [-0.2, -0.15) is 0 Å². The van der Waals surface area contributed by atoms with Crippen LogP contribution in [0.25, 0.3) is 0 Å². The SMILES string of the molecule is NC(=S)C1(NC(=O)c2cncnc2)CCCC1. The number of carbonyl (C=O) groups excluding carboxylic acids is 1. The van der Waals surface area contributed by atoms with Crippen LogP contribution in [0, 0.1) is 0 Å². The molecule has 0 radical (unpaired) electrons. The molecule has 0 spiro atoms. The molecular weight excluding hydrogens is 236 g/mol. The second-order valence-corrected chi connectivity index (χ2v) is 4.67. The molecule has 0 atom stereocenters. The average molecular weight is 250 g/mol. The van der Waals surface area contributed by atoms with Crippen molar-refractivity contribution in [2.75, 3.05) is 0 Å². The molecule has 90 valence electrons. The van der Waals surface area contributed by atoms with Gasteiger partial charge in [0.15, 0.2) is 0 Å². The zero-order valence-corrected chi connectivity index (χ0v) is 10.2. The van der Waals surface area contributed by atoms with Crippen LogP contribution in [-0.4, -0.2) is 26.4 Å². The van der Waals surface area contributed by atoms with Gasteiger partial charge in [0, 0.05) is 12.4 Å². The highest BCUT2D eigenvalue weighted by Crippen LogP contribution is 2.30. The molecule has 1 fully saturated rings. The van der Waals surface area contributed by atoms with Crippen LogP contribution in [0.4, 0.5) is 0 Å². The quantitative estimate of drug-likeness (QED) is 0.776. The number of carbonyl (C=O) groups is 1. The van der Waals surface area contributed by atoms with Crippen LogP contribution in [0.5, 0.6) is 0 Å². The summed E-state index contributed by atoms with van der Waals surface area (Å²) in [5.74, 6) is -0.222. The number of rotatable bonds is 3. The van der Waals surface area contributed by atoms with Crippen LogP contribution < -0.4 is 11.1 Å². The Morgan fingerprint density at radius 1 is 1.35 bits per heavy atom. The molecule has 0 aliphatic heterocycles. The maximum absolute atomic E-state index is 12.0. The monoisotopic (exact) mass is 250 g/mol. The molecule has 1 aliphatic carbocycles. The van der Waals surface area contributed by atoms with Gasteiger partial charge in [-0.25, -0.2) is 9.97 Å². The van der Waals surface area contributed by atoms with Crippen LogP contribution >= 0.6 is 12.2 Å². The minimum atomic E-state index is -0.526. The van der Waals surface area contributed by atoms with Crippen molar-refractivity contribution < 1.29 is 4.79 Å². The van der Waals surface area contributed by atoms with Gasteiger partial charge in [-0.05, 0) is 12.8 Å². The van der Waals surface area contributed by atoms with E-state index in [1.165, 1.54) is 18.7 Å². The number of hydrogen-bond acceptors (Lipinski definition) is 4.